The van der Waals surface area contributed by atoms with Crippen LogP contribution in [0.25, 0.3) is 0 Å². The van der Waals surface area contributed by atoms with Crippen molar-refractivity contribution in [1.82, 2.24) is 9.68 Å². The molecular formula is C22H34N3O8P3S. The van der Waals surface area contributed by atoms with E-state index in [1.807, 2.05) is 36.4 Å². The van der Waals surface area contributed by atoms with Crippen LogP contribution in [0.15, 0.2) is 53.6 Å². The number of hydrazone groups is 1. The second kappa shape index (κ2) is 15.1. The lowest BCUT2D eigenvalue weighted by atomic mass is 10.2. The zero-order valence-electron chi connectivity index (χ0n) is 21.7. The van der Waals surface area contributed by atoms with Gasteiger partial charge in [0.1, 0.15) is 24.1 Å². The maximum Gasteiger partial charge on any atom is 0.344 e. The number of rotatable bonds is 16. The first-order chi connectivity index (χ1) is 17.6. The van der Waals surface area contributed by atoms with Crippen molar-refractivity contribution in [3.8, 4) is 11.5 Å². The van der Waals surface area contributed by atoms with Crippen LogP contribution in [-0.4, -0.2) is 71.1 Å². The summed E-state index contributed by atoms with van der Waals surface area (Å²) in [7, 11) is -0.119. The Morgan fingerprint density at radius 3 is 1.78 bits per heavy atom. The second-order valence-electron chi connectivity index (χ2n) is 7.62. The Morgan fingerprint density at radius 1 is 0.838 bits per heavy atom. The highest BCUT2D eigenvalue weighted by Crippen LogP contribution is 2.51. The minimum absolute atomic E-state index is 0.106. The molecule has 2 aromatic carbocycles. The van der Waals surface area contributed by atoms with Gasteiger partial charge in [-0.1, -0.05) is 12.1 Å². The minimum Gasteiger partial charge on any atom is -0.497 e. The van der Waals surface area contributed by atoms with Crippen molar-refractivity contribution in [2.24, 2.45) is 5.10 Å². The molecule has 11 nitrogen and oxygen atoms in total. The maximum absolute atomic E-state index is 12.7. The van der Waals surface area contributed by atoms with E-state index in [1.165, 1.54) is 28.4 Å². The molecule has 37 heavy (non-hydrogen) atoms. The molecule has 0 fully saturated rings. The molecule has 0 heterocycles. The van der Waals surface area contributed by atoms with E-state index in [-0.39, 0.29) is 19.1 Å². The zero-order chi connectivity index (χ0) is 27.5. The first-order valence-electron chi connectivity index (χ1n) is 10.9. The van der Waals surface area contributed by atoms with Crippen LogP contribution in [-0.2, 0) is 45.6 Å². The van der Waals surface area contributed by atoms with Crippen LogP contribution >= 0.6 is 22.3 Å². The van der Waals surface area contributed by atoms with Crippen molar-refractivity contribution in [2.75, 3.05) is 55.2 Å². The lowest BCUT2D eigenvalue weighted by molar-refractivity contribution is 0.220. The van der Waals surface area contributed by atoms with Gasteiger partial charge in [-0.15, -0.1) is 0 Å². The Morgan fingerprint density at radius 2 is 1.32 bits per heavy atom. The van der Waals surface area contributed by atoms with Crippen molar-refractivity contribution >= 4 is 40.3 Å². The highest BCUT2D eigenvalue weighted by Gasteiger charge is 2.31. The molecule has 0 saturated heterocycles. The summed E-state index contributed by atoms with van der Waals surface area (Å²) in [6.07, 6.45) is 1.49. The Bertz CT molecular complexity index is 1090. The molecule has 0 aliphatic heterocycles. The van der Waals surface area contributed by atoms with Gasteiger partial charge in [-0.25, -0.2) is 4.78 Å². The first-order valence-corrected chi connectivity index (χ1v) is 16.9. The summed E-state index contributed by atoms with van der Waals surface area (Å²) in [5.41, 5.74) is 1.75. The van der Waals surface area contributed by atoms with Crippen LogP contribution in [0, 0.1) is 0 Å². The van der Waals surface area contributed by atoms with Gasteiger partial charge in [-0.3, -0.25) is 14.0 Å². The highest BCUT2D eigenvalue weighted by atomic mass is 32.4. The second-order valence-corrected chi connectivity index (χ2v) is 14.5. The summed E-state index contributed by atoms with van der Waals surface area (Å²) in [4.78, 5) is 1.64. The van der Waals surface area contributed by atoms with Gasteiger partial charge in [0, 0.05) is 42.0 Å². The molecule has 2 aromatic rings. The summed E-state index contributed by atoms with van der Waals surface area (Å²) in [6.45, 7) is 0.283. The minimum atomic E-state index is -3.42. The molecule has 1 atom stereocenters. The van der Waals surface area contributed by atoms with E-state index < -0.39 is 22.3 Å². The molecule has 0 aliphatic carbocycles. The normalized spacial score (nSPS) is 13.2. The van der Waals surface area contributed by atoms with E-state index in [4.69, 9.17) is 39.2 Å². The number of hydrogen-bond acceptors (Lipinski definition) is 11. The van der Waals surface area contributed by atoms with Crippen molar-refractivity contribution in [3.63, 3.8) is 0 Å². The molecule has 206 valence electrons. The lowest BCUT2D eigenvalue weighted by Gasteiger charge is -2.28. The van der Waals surface area contributed by atoms with Crippen LogP contribution < -0.4 is 9.26 Å². The van der Waals surface area contributed by atoms with Crippen LogP contribution in [0.5, 0.6) is 11.5 Å². The molecule has 0 bridgehead atoms. The molecule has 1 unspecified atom stereocenters. The van der Waals surface area contributed by atoms with Crippen molar-refractivity contribution in [1.29, 1.82) is 0 Å². The smallest absolute Gasteiger partial charge is 0.344 e. The van der Waals surface area contributed by atoms with Crippen molar-refractivity contribution in [3.05, 3.63) is 59.7 Å². The Kier molecular flexibility index (Phi) is 12.9. The van der Waals surface area contributed by atoms with Gasteiger partial charge in [-0.05, 0) is 59.3 Å². The number of nitrogens with zero attached hydrogens (tertiary/aromatic N) is 3. The topological polar surface area (TPSA) is 108 Å². The van der Waals surface area contributed by atoms with Gasteiger partial charge >= 0.3 is 15.2 Å². The molecule has 15 heteroatoms. The van der Waals surface area contributed by atoms with Gasteiger partial charge in [0.2, 0.25) is 7.07 Å². The Balaban J connectivity index is 2.05. The van der Waals surface area contributed by atoms with Crippen LogP contribution in [0.4, 0.5) is 0 Å². The third kappa shape index (κ3) is 10.2. The summed E-state index contributed by atoms with van der Waals surface area (Å²) in [5.74, 6) is 1.36. The summed E-state index contributed by atoms with van der Waals surface area (Å²) >= 11 is 5.52. The molecule has 2 rings (SSSR count). The number of hydrogen-bond donors (Lipinski definition) is 0. The molecule has 0 radical (unpaired) electrons. The van der Waals surface area contributed by atoms with E-state index in [9.17, 15) is 9.13 Å². The zero-order valence-corrected chi connectivity index (χ0v) is 25.3. The van der Waals surface area contributed by atoms with E-state index in [1.54, 1.807) is 42.2 Å². The first kappa shape index (κ1) is 31.6. The number of benzene rings is 2. The maximum atomic E-state index is 12.7. The van der Waals surface area contributed by atoms with Crippen molar-refractivity contribution < 1.29 is 36.5 Å². The van der Waals surface area contributed by atoms with Crippen LogP contribution in [0.2, 0.25) is 0 Å². The number of ether oxygens (including phenoxy) is 1. The van der Waals surface area contributed by atoms with Gasteiger partial charge in [0.05, 0.1) is 13.3 Å². The Labute approximate surface area is 224 Å². The summed E-state index contributed by atoms with van der Waals surface area (Å²) < 4.78 is 58.3. The van der Waals surface area contributed by atoms with E-state index >= 15 is 0 Å². The Hall–Kier alpha value is -1.58. The van der Waals surface area contributed by atoms with Gasteiger partial charge in [0.25, 0.3) is 0 Å². The van der Waals surface area contributed by atoms with Crippen LogP contribution in [0.1, 0.15) is 11.1 Å². The fourth-order valence-electron chi connectivity index (χ4n) is 2.99. The average molecular weight is 594 g/mol. The number of methoxy groups -OCH3 is 1. The van der Waals surface area contributed by atoms with Crippen LogP contribution in [0.3, 0.4) is 0 Å². The molecular weight excluding hydrogens is 559 g/mol. The van der Waals surface area contributed by atoms with E-state index in [0.717, 1.165) is 16.9 Å². The van der Waals surface area contributed by atoms with Crippen molar-refractivity contribution in [2.45, 2.75) is 6.54 Å². The third-order valence-corrected chi connectivity index (χ3v) is 11.0. The lowest BCUT2D eigenvalue weighted by Crippen LogP contribution is -2.27. The molecule has 0 saturated carbocycles. The average Bonchev–Trinajstić information content (AvgIpc) is 2.92. The molecule has 0 aromatic heterocycles. The third-order valence-electron chi connectivity index (χ3n) is 5.15. The predicted octanol–water partition coefficient (Wildman–Crippen LogP) is 5.23. The molecule has 0 aliphatic rings. The predicted molar refractivity (Wildman–Crippen MR) is 150 cm³/mol. The van der Waals surface area contributed by atoms with Gasteiger partial charge in [-0.2, -0.15) is 5.10 Å². The fraction of sp³-hybridized carbons (Fsp3) is 0.409. The highest BCUT2D eigenvalue weighted by molar-refractivity contribution is 8.02. The molecule has 0 spiro atoms. The fourth-order valence-corrected chi connectivity index (χ4v) is 6.34. The van der Waals surface area contributed by atoms with E-state index in [0.29, 0.717) is 5.75 Å². The van der Waals surface area contributed by atoms with Gasteiger partial charge in [0.15, 0.2) is 0 Å². The quantitative estimate of drug-likeness (QED) is 0.145. The largest absolute Gasteiger partial charge is 0.497 e. The molecule has 0 amide bonds. The van der Waals surface area contributed by atoms with Gasteiger partial charge < -0.3 is 27.4 Å². The molecule has 0 N–H and O–H groups in total. The summed E-state index contributed by atoms with van der Waals surface area (Å²) in [5, 5.41) is 4.38. The standard InChI is InChI=1S/C22H34N3O8P3S/c1-24(23-15-19-7-11-21(28-2)12-8-19)34(37)33-22-13-9-20(10-14-22)16-25(17-35(26,29-3)30-4)18-36(27,31-5)32-6/h7-15,34H,16-18H2,1-6H3/b23-15+. The monoisotopic (exact) mass is 593 g/mol. The SMILES string of the molecule is COc1ccc(/C=N/N(C)[PH](=S)Oc2ccc(CN(CP(=O)(OC)OC)CP(=O)(OC)OC)cc2)cc1. The van der Waals surface area contributed by atoms with E-state index in [2.05, 4.69) is 5.10 Å². The summed E-state index contributed by atoms with van der Waals surface area (Å²) in [6, 6.07) is 14.7.